The number of hydrazine groups is 1. The highest BCUT2D eigenvalue weighted by Gasteiger charge is 2.07. The quantitative estimate of drug-likeness (QED) is 0.432. The summed E-state index contributed by atoms with van der Waals surface area (Å²) in [7, 11) is 0. The van der Waals surface area contributed by atoms with Crippen molar-refractivity contribution < 1.29 is 5.11 Å². The number of rotatable bonds is 3. The van der Waals surface area contributed by atoms with Gasteiger partial charge in [0.05, 0.1) is 24.7 Å². The van der Waals surface area contributed by atoms with E-state index < -0.39 is 0 Å². The molecule has 0 aromatic carbocycles. The zero-order chi connectivity index (χ0) is 9.97. The lowest BCUT2D eigenvalue weighted by molar-refractivity contribution is 0.271. The highest BCUT2D eigenvalue weighted by molar-refractivity contribution is 5.85. The van der Waals surface area contributed by atoms with Gasteiger partial charge >= 0.3 is 0 Å². The van der Waals surface area contributed by atoms with Gasteiger partial charge in [0.15, 0.2) is 11.5 Å². The number of aliphatic hydroxyl groups excluding tert-OH is 1. The van der Waals surface area contributed by atoms with E-state index in [9.17, 15) is 0 Å². The fraction of sp³-hybridized carbons (Fsp3) is 0.286. The number of hydrogen-bond acceptors (Lipinski definition) is 6. The zero-order valence-electron chi connectivity index (χ0n) is 7.38. The Morgan fingerprint density at radius 3 is 3.07 bits per heavy atom. The van der Waals surface area contributed by atoms with Crippen molar-refractivity contribution in [3.8, 4) is 0 Å². The van der Waals surface area contributed by atoms with Crippen LogP contribution in [0, 0.1) is 0 Å². The van der Waals surface area contributed by atoms with E-state index in [1.54, 1.807) is 10.9 Å². The third-order valence-electron chi connectivity index (χ3n) is 1.88. The molecule has 0 saturated carbocycles. The third kappa shape index (κ3) is 1.28. The Morgan fingerprint density at radius 1 is 1.50 bits per heavy atom. The fourth-order valence-electron chi connectivity index (χ4n) is 1.27. The van der Waals surface area contributed by atoms with Crippen molar-refractivity contribution >= 4 is 16.9 Å². The SMILES string of the molecule is NNc1ncnc2c1cnn2CCO. The summed E-state index contributed by atoms with van der Waals surface area (Å²) in [6.45, 7) is 0.427. The minimum atomic E-state index is 0.0200. The zero-order valence-corrected chi connectivity index (χ0v) is 7.38. The number of hydrogen-bond donors (Lipinski definition) is 3. The van der Waals surface area contributed by atoms with E-state index in [-0.39, 0.29) is 6.61 Å². The summed E-state index contributed by atoms with van der Waals surface area (Å²) < 4.78 is 1.60. The second-order valence-corrected chi connectivity index (χ2v) is 2.70. The summed E-state index contributed by atoms with van der Waals surface area (Å²) >= 11 is 0. The van der Waals surface area contributed by atoms with Crippen LogP contribution in [0.5, 0.6) is 0 Å². The number of nitrogens with one attached hydrogen (secondary N) is 1. The van der Waals surface area contributed by atoms with E-state index in [1.807, 2.05) is 0 Å². The lowest BCUT2D eigenvalue weighted by Gasteiger charge is -2.01. The van der Waals surface area contributed by atoms with E-state index >= 15 is 0 Å². The van der Waals surface area contributed by atoms with Gasteiger partial charge in [-0.15, -0.1) is 0 Å². The maximum atomic E-state index is 8.78. The van der Waals surface area contributed by atoms with Crippen molar-refractivity contribution in [3.63, 3.8) is 0 Å². The molecule has 2 rings (SSSR count). The molecule has 0 aliphatic heterocycles. The smallest absolute Gasteiger partial charge is 0.163 e. The number of aromatic nitrogens is 4. The summed E-state index contributed by atoms with van der Waals surface area (Å²) in [5, 5.41) is 13.6. The van der Waals surface area contributed by atoms with Gasteiger partial charge in [0.1, 0.15) is 6.33 Å². The monoisotopic (exact) mass is 194 g/mol. The van der Waals surface area contributed by atoms with Crippen LogP contribution >= 0.6 is 0 Å². The Labute approximate surface area is 79.5 Å². The number of fused-ring (bicyclic) bond motifs is 1. The van der Waals surface area contributed by atoms with Crippen molar-refractivity contribution in [3.05, 3.63) is 12.5 Å². The van der Waals surface area contributed by atoms with Crippen LogP contribution in [0.15, 0.2) is 12.5 Å². The lowest BCUT2D eigenvalue weighted by atomic mass is 10.4. The number of aliphatic hydroxyl groups is 1. The molecule has 2 aromatic rings. The minimum absolute atomic E-state index is 0.0200. The molecule has 0 aliphatic rings. The molecule has 0 saturated heterocycles. The molecule has 0 unspecified atom stereocenters. The number of nitrogens with two attached hydrogens (primary N) is 1. The second-order valence-electron chi connectivity index (χ2n) is 2.70. The lowest BCUT2D eigenvalue weighted by Crippen LogP contribution is -2.09. The van der Waals surface area contributed by atoms with E-state index in [4.69, 9.17) is 10.9 Å². The number of anilines is 1. The van der Waals surface area contributed by atoms with Gasteiger partial charge in [0, 0.05) is 0 Å². The molecule has 2 aromatic heterocycles. The first-order valence-corrected chi connectivity index (χ1v) is 4.11. The van der Waals surface area contributed by atoms with Crippen LogP contribution in [0.3, 0.4) is 0 Å². The standard InChI is InChI=1S/C7H10N6O/c8-12-6-5-3-11-13(1-2-14)7(5)10-4-9-6/h3-4,14H,1-2,8H2,(H,9,10,12). The summed E-state index contributed by atoms with van der Waals surface area (Å²) in [6, 6.07) is 0. The minimum Gasteiger partial charge on any atom is -0.394 e. The fourth-order valence-corrected chi connectivity index (χ4v) is 1.27. The van der Waals surface area contributed by atoms with E-state index in [1.165, 1.54) is 6.33 Å². The van der Waals surface area contributed by atoms with E-state index in [0.29, 0.717) is 18.0 Å². The molecule has 2 heterocycles. The van der Waals surface area contributed by atoms with Gasteiger partial charge in [0.25, 0.3) is 0 Å². The largest absolute Gasteiger partial charge is 0.394 e. The van der Waals surface area contributed by atoms with Gasteiger partial charge in [-0.05, 0) is 0 Å². The van der Waals surface area contributed by atoms with Crippen LogP contribution in [-0.2, 0) is 6.54 Å². The summed E-state index contributed by atoms with van der Waals surface area (Å²) in [5.74, 6) is 5.80. The molecule has 0 amide bonds. The predicted molar refractivity (Wildman–Crippen MR) is 50.2 cm³/mol. The normalized spacial score (nSPS) is 10.7. The van der Waals surface area contributed by atoms with Crippen LogP contribution in [0.4, 0.5) is 5.82 Å². The first-order valence-electron chi connectivity index (χ1n) is 4.11. The number of nitrogens with zero attached hydrogens (tertiary/aromatic N) is 4. The molecule has 74 valence electrons. The van der Waals surface area contributed by atoms with Crippen LogP contribution in [0.1, 0.15) is 0 Å². The Morgan fingerprint density at radius 2 is 2.36 bits per heavy atom. The van der Waals surface area contributed by atoms with Crippen molar-refractivity contribution in [2.24, 2.45) is 5.84 Å². The molecular weight excluding hydrogens is 184 g/mol. The molecule has 0 bridgehead atoms. The second kappa shape index (κ2) is 3.56. The Bertz CT molecular complexity index is 439. The van der Waals surface area contributed by atoms with Gasteiger partial charge in [-0.2, -0.15) is 5.10 Å². The van der Waals surface area contributed by atoms with Crippen molar-refractivity contribution in [2.45, 2.75) is 6.54 Å². The van der Waals surface area contributed by atoms with Crippen LogP contribution < -0.4 is 11.3 Å². The van der Waals surface area contributed by atoms with Gasteiger partial charge in [-0.3, -0.25) is 0 Å². The number of nitrogen functional groups attached to an aromatic ring is 1. The predicted octanol–water partition coefficient (Wildman–Crippen LogP) is -0.896. The maximum absolute atomic E-state index is 8.78. The highest BCUT2D eigenvalue weighted by atomic mass is 16.3. The average molecular weight is 194 g/mol. The third-order valence-corrected chi connectivity index (χ3v) is 1.88. The molecule has 7 nitrogen and oxygen atoms in total. The summed E-state index contributed by atoms with van der Waals surface area (Å²) in [6.07, 6.45) is 3.01. The molecule has 0 aliphatic carbocycles. The van der Waals surface area contributed by atoms with Crippen LogP contribution in [-0.4, -0.2) is 31.5 Å². The van der Waals surface area contributed by atoms with Crippen LogP contribution in [0.25, 0.3) is 11.0 Å². The Balaban J connectivity index is 2.57. The molecule has 0 atom stereocenters. The average Bonchev–Trinajstić information content (AvgIpc) is 2.62. The molecule has 7 heteroatoms. The van der Waals surface area contributed by atoms with Gasteiger partial charge in [-0.1, -0.05) is 0 Å². The molecule has 0 radical (unpaired) electrons. The van der Waals surface area contributed by atoms with E-state index in [0.717, 1.165) is 5.39 Å². The summed E-state index contributed by atoms with van der Waals surface area (Å²) in [4.78, 5) is 7.99. The van der Waals surface area contributed by atoms with Gasteiger partial charge < -0.3 is 10.5 Å². The van der Waals surface area contributed by atoms with Crippen molar-refractivity contribution in [1.29, 1.82) is 0 Å². The maximum Gasteiger partial charge on any atom is 0.163 e. The Hall–Kier alpha value is -1.73. The Kier molecular flexibility index (Phi) is 2.25. The first-order chi connectivity index (χ1) is 6.86. The van der Waals surface area contributed by atoms with Gasteiger partial charge in [0.2, 0.25) is 0 Å². The molecule has 0 fully saturated rings. The topological polar surface area (TPSA) is 102 Å². The highest BCUT2D eigenvalue weighted by Crippen LogP contribution is 2.16. The van der Waals surface area contributed by atoms with Crippen LogP contribution in [0.2, 0.25) is 0 Å². The van der Waals surface area contributed by atoms with Gasteiger partial charge in [-0.25, -0.2) is 20.5 Å². The van der Waals surface area contributed by atoms with E-state index in [2.05, 4.69) is 20.5 Å². The molecule has 14 heavy (non-hydrogen) atoms. The van der Waals surface area contributed by atoms with Crippen molar-refractivity contribution in [2.75, 3.05) is 12.0 Å². The molecular formula is C7H10N6O. The molecule has 0 spiro atoms. The summed E-state index contributed by atoms with van der Waals surface area (Å²) in [5.41, 5.74) is 3.11. The molecule has 4 N–H and O–H groups in total. The van der Waals surface area contributed by atoms with Crippen molar-refractivity contribution in [1.82, 2.24) is 19.7 Å². The first kappa shape index (κ1) is 8.85.